The van der Waals surface area contributed by atoms with Crippen LogP contribution >= 0.6 is 0 Å². The van der Waals surface area contributed by atoms with Crippen molar-refractivity contribution in [3.63, 3.8) is 0 Å². The molecule has 114 valence electrons. The van der Waals surface area contributed by atoms with E-state index in [1.54, 1.807) is 12.1 Å². The Morgan fingerprint density at radius 3 is 2.45 bits per heavy atom. The molecule has 1 rings (SSSR count). The molecule has 0 radical (unpaired) electrons. The summed E-state index contributed by atoms with van der Waals surface area (Å²) < 4.78 is 14.3. The highest BCUT2D eigenvalue weighted by atomic mass is 19.1. The Morgan fingerprint density at radius 2 is 1.90 bits per heavy atom. The second-order valence-corrected chi connectivity index (χ2v) is 6.06. The van der Waals surface area contributed by atoms with Crippen molar-refractivity contribution in [1.82, 2.24) is 5.32 Å². The smallest absolute Gasteiger partial charge is 0.146 e. The number of benzene rings is 1. The van der Waals surface area contributed by atoms with Crippen LogP contribution < -0.4 is 10.2 Å². The second-order valence-electron chi connectivity index (χ2n) is 6.06. The molecule has 0 aliphatic heterocycles. The number of hydrogen-bond acceptors (Lipinski definition) is 2. The molecule has 3 heteroatoms. The average Bonchev–Trinajstić information content (AvgIpc) is 2.36. The summed E-state index contributed by atoms with van der Waals surface area (Å²) in [5, 5.41) is 3.41. The quantitative estimate of drug-likeness (QED) is 0.768. The highest BCUT2D eigenvalue weighted by Crippen LogP contribution is 2.26. The Balaban J connectivity index is 2.96. The van der Waals surface area contributed by atoms with Crippen molar-refractivity contribution in [3.8, 4) is 0 Å². The molecule has 0 spiro atoms. The summed E-state index contributed by atoms with van der Waals surface area (Å²) in [6.07, 6.45) is 1.02. The molecule has 1 aromatic rings. The molecule has 20 heavy (non-hydrogen) atoms. The molecule has 1 aromatic carbocycles. The molecule has 0 atom stereocenters. The fraction of sp³-hybridized carbons (Fsp3) is 0.647. The van der Waals surface area contributed by atoms with E-state index in [0.29, 0.717) is 12.0 Å². The molecular formula is C17H29FN2. The van der Waals surface area contributed by atoms with Gasteiger partial charge < -0.3 is 10.2 Å². The SMILES string of the molecule is CCCN(c1c(F)cccc1CNCC(C)C)C(C)C. The molecule has 0 fully saturated rings. The van der Waals surface area contributed by atoms with Crippen LogP contribution in [0.4, 0.5) is 10.1 Å². The Morgan fingerprint density at radius 1 is 1.20 bits per heavy atom. The molecule has 0 aliphatic carbocycles. The van der Waals surface area contributed by atoms with E-state index in [0.717, 1.165) is 37.3 Å². The van der Waals surface area contributed by atoms with E-state index in [9.17, 15) is 4.39 Å². The third-order valence-electron chi connectivity index (χ3n) is 3.31. The molecule has 1 N–H and O–H groups in total. The zero-order valence-corrected chi connectivity index (χ0v) is 13.5. The van der Waals surface area contributed by atoms with Gasteiger partial charge in [0.1, 0.15) is 5.82 Å². The van der Waals surface area contributed by atoms with Gasteiger partial charge in [-0.25, -0.2) is 4.39 Å². The Hall–Kier alpha value is -1.09. The normalized spacial score (nSPS) is 11.4. The first-order valence-electron chi connectivity index (χ1n) is 7.72. The zero-order chi connectivity index (χ0) is 15.1. The van der Waals surface area contributed by atoms with Crippen molar-refractivity contribution < 1.29 is 4.39 Å². The van der Waals surface area contributed by atoms with Crippen molar-refractivity contribution >= 4 is 5.69 Å². The fourth-order valence-electron chi connectivity index (χ4n) is 2.39. The van der Waals surface area contributed by atoms with Gasteiger partial charge in [-0.2, -0.15) is 0 Å². The minimum absolute atomic E-state index is 0.115. The van der Waals surface area contributed by atoms with Crippen LogP contribution in [0.3, 0.4) is 0 Å². The lowest BCUT2D eigenvalue weighted by molar-refractivity contribution is 0.546. The van der Waals surface area contributed by atoms with Crippen LogP contribution in [0.15, 0.2) is 18.2 Å². The zero-order valence-electron chi connectivity index (χ0n) is 13.5. The van der Waals surface area contributed by atoms with Gasteiger partial charge in [0.25, 0.3) is 0 Å². The van der Waals surface area contributed by atoms with Crippen molar-refractivity contribution in [2.45, 2.75) is 53.6 Å². The van der Waals surface area contributed by atoms with Crippen LogP contribution in [-0.2, 0) is 6.54 Å². The minimum Gasteiger partial charge on any atom is -0.366 e. The van der Waals surface area contributed by atoms with E-state index in [1.807, 2.05) is 6.07 Å². The summed E-state index contributed by atoms with van der Waals surface area (Å²) >= 11 is 0. The van der Waals surface area contributed by atoms with Gasteiger partial charge in [-0.1, -0.05) is 32.9 Å². The van der Waals surface area contributed by atoms with Gasteiger partial charge >= 0.3 is 0 Å². The molecule has 0 aliphatic rings. The van der Waals surface area contributed by atoms with E-state index >= 15 is 0 Å². The van der Waals surface area contributed by atoms with Gasteiger partial charge in [-0.15, -0.1) is 0 Å². The van der Waals surface area contributed by atoms with Crippen molar-refractivity contribution in [1.29, 1.82) is 0 Å². The highest BCUT2D eigenvalue weighted by Gasteiger charge is 2.17. The molecule has 0 amide bonds. The lowest BCUT2D eigenvalue weighted by atomic mass is 10.1. The van der Waals surface area contributed by atoms with Gasteiger partial charge in [-0.05, 0) is 44.4 Å². The summed E-state index contributed by atoms with van der Waals surface area (Å²) in [4.78, 5) is 2.17. The minimum atomic E-state index is -0.115. The maximum absolute atomic E-state index is 14.3. The summed E-state index contributed by atoms with van der Waals surface area (Å²) in [5.41, 5.74) is 1.81. The maximum atomic E-state index is 14.3. The Labute approximate surface area is 123 Å². The van der Waals surface area contributed by atoms with E-state index in [4.69, 9.17) is 0 Å². The van der Waals surface area contributed by atoms with E-state index < -0.39 is 0 Å². The first-order valence-corrected chi connectivity index (χ1v) is 7.72. The Kier molecular flexibility index (Phi) is 7.00. The average molecular weight is 280 g/mol. The molecule has 2 nitrogen and oxygen atoms in total. The molecule has 0 unspecified atom stereocenters. The molecule has 0 heterocycles. The van der Waals surface area contributed by atoms with Crippen molar-refractivity contribution in [3.05, 3.63) is 29.6 Å². The molecule has 0 saturated carbocycles. The number of halogens is 1. The second kappa shape index (κ2) is 8.25. The number of para-hydroxylation sites is 1. The number of anilines is 1. The number of nitrogens with one attached hydrogen (secondary N) is 1. The largest absolute Gasteiger partial charge is 0.366 e. The van der Waals surface area contributed by atoms with Crippen molar-refractivity contribution in [2.75, 3.05) is 18.0 Å². The van der Waals surface area contributed by atoms with Crippen LogP contribution in [0.1, 0.15) is 46.6 Å². The van der Waals surface area contributed by atoms with E-state index in [1.165, 1.54) is 0 Å². The lowest BCUT2D eigenvalue weighted by Gasteiger charge is -2.31. The number of rotatable bonds is 8. The van der Waals surface area contributed by atoms with Gasteiger partial charge in [0.15, 0.2) is 0 Å². The van der Waals surface area contributed by atoms with Gasteiger partial charge in [0.05, 0.1) is 5.69 Å². The van der Waals surface area contributed by atoms with E-state index in [-0.39, 0.29) is 5.82 Å². The first kappa shape index (κ1) is 17.0. The molecule has 0 aromatic heterocycles. The molecule has 0 bridgehead atoms. The molecule has 0 saturated heterocycles. The van der Waals surface area contributed by atoms with Crippen LogP contribution in [0.2, 0.25) is 0 Å². The van der Waals surface area contributed by atoms with Gasteiger partial charge in [0.2, 0.25) is 0 Å². The highest BCUT2D eigenvalue weighted by molar-refractivity contribution is 5.55. The van der Waals surface area contributed by atoms with Crippen LogP contribution in [0, 0.1) is 11.7 Å². The third-order valence-corrected chi connectivity index (χ3v) is 3.31. The predicted octanol–water partition coefficient (Wildman–Crippen LogP) is 4.20. The van der Waals surface area contributed by atoms with Crippen LogP contribution in [-0.4, -0.2) is 19.1 Å². The summed E-state index contributed by atoms with van der Waals surface area (Å²) in [5.74, 6) is 0.486. The predicted molar refractivity (Wildman–Crippen MR) is 85.7 cm³/mol. The summed E-state index contributed by atoms with van der Waals surface area (Å²) in [6.45, 7) is 13.3. The van der Waals surface area contributed by atoms with Gasteiger partial charge in [-0.3, -0.25) is 0 Å². The first-order chi connectivity index (χ1) is 9.47. The van der Waals surface area contributed by atoms with Crippen molar-refractivity contribution in [2.24, 2.45) is 5.92 Å². The standard InChI is InChI=1S/C17H29FN2/c1-6-10-20(14(4)5)17-15(8-7-9-16(17)18)12-19-11-13(2)3/h7-9,13-14,19H,6,10-12H2,1-5H3. The van der Waals surface area contributed by atoms with Crippen LogP contribution in [0.5, 0.6) is 0 Å². The topological polar surface area (TPSA) is 15.3 Å². The fourth-order valence-corrected chi connectivity index (χ4v) is 2.39. The van der Waals surface area contributed by atoms with Gasteiger partial charge in [0, 0.05) is 19.1 Å². The number of nitrogens with zero attached hydrogens (tertiary/aromatic N) is 1. The van der Waals surface area contributed by atoms with E-state index in [2.05, 4.69) is 44.8 Å². The lowest BCUT2D eigenvalue weighted by Crippen LogP contribution is -2.34. The number of hydrogen-bond donors (Lipinski definition) is 1. The Bertz CT molecular complexity index is 402. The third kappa shape index (κ3) is 4.78. The summed E-state index contributed by atoms with van der Waals surface area (Å²) in [7, 11) is 0. The van der Waals surface area contributed by atoms with Crippen LogP contribution in [0.25, 0.3) is 0 Å². The monoisotopic (exact) mass is 280 g/mol. The summed E-state index contributed by atoms with van der Waals surface area (Å²) in [6, 6.07) is 5.69. The maximum Gasteiger partial charge on any atom is 0.146 e. The molecular weight excluding hydrogens is 251 g/mol.